The molecule has 0 aliphatic carbocycles. The molecule has 8 nitrogen and oxygen atoms in total. The highest BCUT2D eigenvalue weighted by Crippen LogP contribution is 2.24. The number of benzene rings is 2. The summed E-state index contributed by atoms with van der Waals surface area (Å²) in [4.78, 5) is 13.5. The average molecular weight is 467 g/mol. The predicted octanol–water partition coefficient (Wildman–Crippen LogP) is 2.15. The van der Waals surface area contributed by atoms with Gasteiger partial charge in [-0.05, 0) is 51.5 Å². The van der Waals surface area contributed by atoms with Crippen LogP contribution in [0.5, 0.6) is 5.75 Å². The second kappa shape index (κ2) is 11.6. The molecular weight excluding hydrogens is 436 g/mol. The van der Waals surface area contributed by atoms with E-state index in [-0.39, 0.29) is 17.4 Å². The third-order valence-corrected chi connectivity index (χ3v) is 6.31. The van der Waals surface area contributed by atoms with Crippen molar-refractivity contribution in [3.05, 3.63) is 53.6 Å². The van der Waals surface area contributed by atoms with Crippen molar-refractivity contribution >= 4 is 29.6 Å². The molecule has 0 radical (unpaired) electrons. The summed E-state index contributed by atoms with van der Waals surface area (Å²) in [6, 6.07) is 13.4. The number of rotatable bonds is 10. The first-order valence-corrected chi connectivity index (χ1v) is 12.1. The number of aryl methyl sites for hydroxylation is 1. The number of hydrogen-bond acceptors (Lipinski definition) is 6. The average Bonchev–Trinajstić information content (AvgIpc) is 3.23. The Bertz CT molecular complexity index is 1110. The Morgan fingerprint density at radius 2 is 1.88 bits per heavy atom. The van der Waals surface area contributed by atoms with Crippen molar-refractivity contribution in [3.63, 3.8) is 0 Å². The summed E-state index contributed by atoms with van der Waals surface area (Å²) in [5.74, 6) is 0.517. The van der Waals surface area contributed by atoms with Gasteiger partial charge in [-0.15, -0.1) is 10.2 Å². The highest BCUT2D eigenvalue weighted by Gasteiger charge is 2.14. The molecule has 0 spiro atoms. The molecule has 0 unspecified atom stereocenters. The number of amides is 1. The van der Waals surface area contributed by atoms with Gasteiger partial charge in [0, 0.05) is 12.1 Å². The lowest BCUT2D eigenvalue weighted by atomic mass is 10.1. The molecule has 33 heavy (non-hydrogen) atoms. The molecule has 1 heterocycles. The van der Waals surface area contributed by atoms with Gasteiger partial charge in [0.25, 0.3) is 5.91 Å². The number of nitrogens with zero attached hydrogens (tertiary/aromatic N) is 4. The molecule has 0 aliphatic rings. The maximum absolute atomic E-state index is 12.3. The molecular formula is C24H30N6O2S. The minimum Gasteiger partial charge on any atom is -0.872 e. The van der Waals surface area contributed by atoms with Crippen LogP contribution in [0.25, 0.3) is 11.4 Å². The summed E-state index contributed by atoms with van der Waals surface area (Å²) in [5.41, 5.74) is 6.04. The van der Waals surface area contributed by atoms with Gasteiger partial charge in [-0.2, -0.15) is 5.10 Å². The van der Waals surface area contributed by atoms with Gasteiger partial charge in [-0.3, -0.25) is 4.79 Å². The van der Waals surface area contributed by atoms with Gasteiger partial charge < -0.3 is 14.6 Å². The topological polar surface area (TPSA) is 99.7 Å². The lowest BCUT2D eigenvalue weighted by Crippen LogP contribution is -3.06. The number of carbonyl (C=O) groups is 1. The predicted molar refractivity (Wildman–Crippen MR) is 130 cm³/mol. The molecule has 0 saturated carbocycles. The van der Waals surface area contributed by atoms with Crippen molar-refractivity contribution in [1.29, 1.82) is 0 Å². The van der Waals surface area contributed by atoms with E-state index >= 15 is 0 Å². The van der Waals surface area contributed by atoms with Crippen molar-refractivity contribution in [2.45, 2.75) is 39.4 Å². The summed E-state index contributed by atoms with van der Waals surface area (Å²) in [6.45, 7) is 10.7. The van der Waals surface area contributed by atoms with Crippen LogP contribution in [-0.2, 0) is 11.3 Å². The monoisotopic (exact) mass is 466 g/mol. The van der Waals surface area contributed by atoms with Crippen molar-refractivity contribution in [2.75, 3.05) is 18.8 Å². The van der Waals surface area contributed by atoms with Crippen molar-refractivity contribution in [2.24, 2.45) is 5.10 Å². The fraction of sp³-hybridized carbons (Fsp3) is 0.333. The van der Waals surface area contributed by atoms with Crippen LogP contribution in [-0.4, -0.2) is 45.7 Å². The van der Waals surface area contributed by atoms with E-state index in [9.17, 15) is 9.90 Å². The molecule has 1 amide bonds. The molecule has 3 rings (SSSR count). The second-order valence-corrected chi connectivity index (χ2v) is 8.50. The molecule has 0 bridgehead atoms. The number of aromatic nitrogens is 3. The Labute approximate surface area is 198 Å². The Hall–Kier alpha value is -3.17. The zero-order chi connectivity index (χ0) is 23.8. The largest absolute Gasteiger partial charge is 0.872 e. The highest BCUT2D eigenvalue weighted by atomic mass is 32.2. The van der Waals surface area contributed by atoms with Gasteiger partial charge in [-0.1, -0.05) is 47.3 Å². The number of thioether (sulfide) groups is 1. The summed E-state index contributed by atoms with van der Waals surface area (Å²) in [7, 11) is 0. The van der Waals surface area contributed by atoms with E-state index in [1.807, 2.05) is 48.7 Å². The molecule has 9 heteroatoms. The van der Waals surface area contributed by atoms with E-state index in [1.54, 1.807) is 12.1 Å². The van der Waals surface area contributed by atoms with Gasteiger partial charge in [0.05, 0.1) is 25.1 Å². The highest BCUT2D eigenvalue weighted by molar-refractivity contribution is 7.99. The maximum atomic E-state index is 12.3. The van der Waals surface area contributed by atoms with E-state index in [1.165, 1.54) is 28.4 Å². The van der Waals surface area contributed by atoms with E-state index in [4.69, 9.17) is 0 Å². The Morgan fingerprint density at radius 1 is 1.15 bits per heavy atom. The van der Waals surface area contributed by atoms with Crippen LogP contribution in [0.2, 0.25) is 0 Å². The van der Waals surface area contributed by atoms with Gasteiger partial charge in [-0.25, -0.2) is 5.43 Å². The van der Waals surface area contributed by atoms with E-state index < -0.39 is 0 Å². The molecule has 2 aromatic carbocycles. The lowest BCUT2D eigenvalue weighted by Gasteiger charge is -2.18. The van der Waals surface area contributed by atoms with Gasteiger partial charge >= 0.3 is 0 Å². The van der Waals surface area contributed by atoms with Crippen LogP contribution in [0.3, 0.4) is 0 Å². The first-order chi connectivity index (χ1) is 16.0. The summed E-state index contributed by atoms with van der Waals surface area (Å²) in [6.07, 6.45) is 1.39. The van der Waals surface area contributed by atoms with E-state index in [0.717, 1.165) is 30.2 Å². The number of hydrogen-bond donors (Lipinski definition) is 2. The first kappa shape index (κ1) is 24.5. The number of nitrogens with one attached hydrogen (secondary N) is 2. The molecule has 174 valence electrons. The standard InChI is InChI=1S/C24H30N6O2S/c1-5-29(6-2)20-13-12-19(21(31)14-20)15-25-26-22(32)16-33-24-28-27-23(30(24)7-3)18-10-8-17(4)9-11-18/h8-15,31H,5-7,16H2,1-4H3,(H,26,32)/b25-15+. The molecule has 3 aromatic rings. The summed E-state index contributed by atoms with van der Waals surface area (Å²) < 4.78 is 1.98. The zero-order valence-corrected chi connectivity index (χ0v) is 20.3. The van der Waals surface area contributed by atoms with Gasteiger partial charge in [0.2, 0.25) is 0 Å². The van der Waals surface area contributed by atoms with Crippen molar-refractivity contribution in [3.8, 4) is 17.1 Å². The minimum atomic E-state index is -0.282. The van der Waals surface area contributed by atoms with Crippen LogP contribution in [0, 0.1) is 6.92 Å². The maximum Gasteiger partial charge on any atom is 0.250 e. The van der Waals surface area contributed by atoms with Crippen LogP contribution < -0.4 is 15.4 Å². The second-order valence-electron chi connectivity index (χ2n) is 7.56. The summed E-state index contributed by atoms with van der Waals surface area (Å²) >= 11 is 1.30. The summed E-state index contributed by atoms with van der Waals surface area (Å²) in [5, 5.41) is 25.5. The van der Waals surface area contributed by atoms with E-state index in [0.29, 0.717) is 17.3 Å². The Balaban J connectivity index is 1.58. The first-order valence-electron chi connectivity index (χ1n) is 11.1. The fourth-order valence-electron chi connectivity index (χ4n) is 3.45. The smallest absolute Gasteiger partial charge is 0.250 e. The Morgan fingerprint density at radius 3 is 2.52 bits per heavy atom. The minimum absolute atomic E-state index is 0.112. The van der Waals surface area contributed by atoms with Crippen LogP contribution in [0.1, 0.15) is 31.9 Å². The van der Waals surface area contributed by atoms with Gasteiger partial charge in [0.1, 0.15) is 5.69 Å². The van der Waals surface area contributed by atoms with Crippen molar-refractivity contribution in [1.82, 2.24) is 20.2 Å². The molecule has 0 fully saturated rings. The third kappa shape index (κ3) is 6.21. The molecule has 0 saturated heterocycles. The van der Waals surface area contributed by atoms with Crippen molar-refractivity contribution < 1.29 is 14.8 Å². The number of carbonyl (C=O) groups excluding carboxylic acids is 1. The normalized spacial score (nSPS) is 11.4. The molecule has 0 atom stereocenters. The zero-order valence-electron chi connectivity index (χ0n) is 19.5. The quantitative estimate of drug-likeness (QED) is 0.271. The Kier molecular flexibility index (Phi) is 8.62. The fourth-order valence-corrected chi connectivity index (χ4v) is 4.25. The molecule has 1 aromatic heterocycles. The lowest BCUT2D eigenvalue weighted by molar-refractivity contribution is -0.828. The third-order valence-electron chi connectivity index (χ3n) is 5.34. The number of hydrazone groups is 1. The molecule has 0 aliphatic heterocycles. The number of quaternary nitrogens is 1. The van der Waals surface area contributed by atoms with Gasteiger partial charge in [0.15, 0.2) is 11.0 Å². The van der Waals surface area contributed by atoms with Crippen LogP contribution in [0.4, 0.5) is 5.69 Å². The SMILES string of the molecule is CCn1c(SCC(=O)N/N=C/c2ccc([NH+](CC)CC)cc2[O-])nnc1-c1ccc(C)cc1. The molecule has 2 N–H and O–H groups in total. The van der Waals surface area contributed by atoms with Crippen LogP contribution in [0.15, 0.2) is 52.7 Å². The van der Waals surface area contributed by atoms with Crippen LogP contribution >= 0.6 is 11.8 Å². The van der Waals surface area contributed by atoms with E-state index in [2.05, 4.69) is 34.6 Å².